The quantitative estimate of drug-likeness (QED) is 0.853. The summed E-state index contributed by atoms with van der Waals surface area (Å²) in [7, 11) is 0. The second kappa shape index (κ2) is 5.08. The molecule has 1 amide bonds. The Labute approximate surface area is 107 Å². The van der Waals surface area contributed by atoms with E-state index in [4.69, 9.17) is 0 Å². The molecule has 3 nitrogen and oxygen atoms in total. The zero-order valence-corrected chi connectivity index (χ0v) is 11.0. The Bertz CT molecular complexity index is 570. The Morgan fingerprint density at radius 1 is 1.22 bits per heavy atom. The van der Waals surface area contributed by atoms with Crippen LogP contribution in [0, 0.1) is 20.8 Å². The van der Waals surface area contributed by atoms with Gasteiger partial charge in [-0.3, -0.25) is 4.79 Å². The number of carbonyl (C=O) groups excluding carboxylic acids is 1. The molecule has 18 heavy (non-hydrogen) atoms. The molecule has 2 rings (SSSR count). The highest BCUT2D eigenvalue weighted by Crippen LogP contribution is 2.16. The van der Waals surface area contributed by atoms with Crippen LogP contribution in [0.25, 0.3) is 0 Å². The van der Waals surface area contributed by atoms with Crippen molar-refractivity contribution in [3.63, 3.8) is 0 Å². The van der Waals surface area contributed by atoms with Gasteiger partial charge in [-0.2, -0.15) is 0 Å². The van der Waals surface area contributed by atoms with E-state index in [2.05, 4.69) is 16.4 Å². The SMILES string of the molecule is Cc1ccc(NC(=O)Cc2c[nH]c(C)c2)c(C)c1. The lowest BCUT2D eigenvalue weighted by molar-refractivity contribution is -0.115. The highest BCUT2D eigenvalue weighted by Gasteiger charge is 2.07. The van der Waals surface area contributed by atoms with Crippen LogP contribution in [0.1, 0.15) is 22.4 Å². The van der Waals surface area contributed by atoms with Crippen molar-refractivity contribution in [1.29, 1.82) is 0 Å². The van der Waals surface area contributed by atoms with Crippen LogP contribution in [-0.2, 0) is 11.2 Å². The number of amides is 1. The van der Waals surface area contributed by atoms with E-state index in [1.54, 1.807) is 0 Å². The van der Waals surface area contributed by atoms with Crippen LogP contribution in [0.15, 0.2) is 30.5 Å². The number of aryl methyl sites for hydroxylation is 3. The molecule has 1 aromatic heterocycles. The number of aromatic nitrogens is 1. The number of benzene rings is 1. The van der Waals surface area contributed by atoms with E-state index in [1.807, 2.05) is 45.2 Å². The molecule has 0 saturated heterocycles. The summed E-state index contributed by atoms with van der Waals surface area (Å²) in [6.45, 7) is 6.02. The minimum absolute atomic E-state index is 0.0148. The first-order valence-corrected chi connectivity index (χ1v) is 6.05. The zero-order valence-electron chi connectivity index (χ0n) is 11.0. The molecule has 0 saturated carbocycles. The third-order valence-electron chi connectivity index (χ3n) is 2.91. The smallest absolute Gasteiger partial charge is 0.228 e. The van der Waals surface area contributed by atoms with Crippen molar-refractivity contribution in [3.8, 4) is 0 Å². The van der Waals surface area contributed by atoms with Gasteiger partial charge in [0.15, 0.2) is 0 Å². The van der Waals surface area contributed by atoms with Crippen LogP contribution in [0.3, 0.4) is 0 Å². The van der Waals surface area contributed by atoms with Gasteiger partial charge >= 0.3 is 0 Å². The molecule has 0 aliphatic carbocycles. The highest BCUT2D eigenvalue weighted by molar-refractivity contribution is 5.92. The Balaban J connectivity index is 2.03. The third-order valence-corrected chi connectivity index (χ3v) is 2.91. The molecule has 1 aromatic carbocycles. The molecule has 0 radical (unpaired) electrons. The second-order valence-corrected chi connectivity index (χ2v) is 4.73. The number of H-pyrrole nitrogens is 1. The largest absolute Gasteiger partial charge is 0.365 e. The van der Waals surface area contributed by atoms with Crippen LogP contribution in [-0.4, -0.2) is 10.9 Å². The molecule has 0 aliphatic rings. The van der Waals surface area contributed by atoms with Crippen LogP contribution in [0.2, 0.25) is 0 Å². The van der Waals surface area contributed by atoms with Crippen LogP contribution in [0.4, 0.5) is 5.69 Å². The van der Waals surface area contributed by atoms with Gasteiger partial charge in [0.25, 0.3) is 0 Å². The van der Waals surface area contributed by atoms with Crippen molar-refractivity contribution in [2.45, 2.75) is 27.2 Å². The fourth-order valence-corrected chi connectivity index (χ4v) is 2.00. The van der Waals surface area contributed by atoms with Crippen molar-refractivity contribution in [1.82, 2.24) is 4.98 Å². The normalized spacial score (nSPS) is 10.4. The van der Waals surface area contributed by atoms with Crippen LogP contribution in [0.5, 0.6) is 0 Å². The van der Waals surface area contributed by atoms with Crippen LogP contribution >= 0.6 is 0 Å². The van der Waals surface area contributed by atoms with Crippen molar-refractivity contribution < 1.29 is 4.79 Å². The Morgan fingerprint density at radius 2 is 2.00 bits per heavy atom. The molecule has 0 fully saturated rings. The molecule has 0 atom stereocenters. The van der Waals surface area contributed by atoms with Gasteiger partial charge in [0, 0.05) is 17.6 Å². The molecule has 0 unspecified atom stereocenters. The third kappa shape index (κ3) is 3.00. The molecule has 1 heterocycles. The number of hydrogen-bond donors (Lipinski definition) is 2. The molecule has 0 bridgehead atoms. The number of carbonyl (C=O) groups is 1. The average Bonchev–Trinajstić information content (AvgIpc) is 2.68. The van der Waals surface area contributed by atoms with E-state index in [0.717, 1.165) is 22.5 Å². The first-order chi connectivity index (χ1) is 8.54. The maximum Gasteiger partial charge on any atom is 0.228 e. The van der Waals surface area contributed by atoms with Gasteiger partial charge in [0.05, 0.1) is 6.42 Å². The minimum atomic E-state index is 0.0148. The number of aromatic amines is 1. The summed E-state index contributed by atoms with van der Waals surface area (Å²) in [5.74, 6) is 0.0148. The lowest BCUT2D eigenvalue weighted by Crippen LogP contribution is -2.14. The average molecular weight is 242 g/mol. The van der Waals surface area contributed by atoms with Crippen molar-refractivity contribution in [2.75, 3.05) is 5.32 Å². The summed E-state index contributed by atoms with van der Waals surface area (Å²) < 4.78 is 0. The summed E-state index contributed by atoms with van der Waals surface area (Å²) in [6.07, 6.45) is 2.27. The summed E-state index contributed by atoms with van der Waals surface area (Å²) >= 11 is 0. The predicted molar refractivity (Wildman–Crippen MR) is 73.8 cm³/mol. The van der Waals surface area contributed by atoms with Gasteiger partial charge in [-0.15, -0.1) is 0 Å². The topological polar surface area (TPSA) is 44.9 Å². The van der Waals surface area contributed by atoms with Crippen molar-refractivity contribution >= 4 is 11.6 Å². The first-order valence-electron chi connectivity index (χ1n) is 6.05. The molecule has 0 aliphatic heterocycles. The maximum absolute atomic E-state index is 11.9. The van der Waals surface area contributed by atoms with Gasteiger partial charge in [-0.1, -0.05) is 17.7 Å². The fourth-order valence-electron chi connectivity index (χ4n) is 2.00. The fraction of sp³-hybridized carbons (Fsp3) is 0.267. The lowest BCUT2D eigenvalue weighted by Gasteiger charge is -2.08. The van der Waals surface area contributed by atoms with E-state index < -0.39 is 0 Å². The minimum Gasteiger partial charge on any atom is -0.365 e. The Hall–Kier alpha value is -2.03. The summed E-state index contributed by atoms with van der Waals surface area (Å²) in [6, 6.07) is 8.01. The van der Waals surface area contributed by atoms with E-state index in [1.165, 1.54) is 5.56 Å². The molecule has 0 spiro atoms. The Kier molecular flexibility index (Phi) is 3.51. The van der Waals surface area contributed by atoms with E-state index in [0.29, 0.717) is 6.42 Å². The van der Waals surface area contributed by atoms with Crippen molar-refractivity contribution in [3.05, 3.63) is 52.8 Å². The van der Waals surface area contributed by atoms with E-state index in [9.17, 15) is 4.79 Å². The Morgan fingerprint density at radius 3 is 2.61 bits per heavy atom. The highest BCUT2D eigenvalue weighted by atomic mass is 16.1. The maximum atomic E-state index is 11.9. The number of hydrogen-bond acceptors (Lipinski definition) is 1. The van der Waals surface area contributed by atoms with Gasteiger partial charge in [-0.05, 0) is 44.0 Å². The van der Waals surface area contributed by atoms with Crippen molar-refractivity contribution in [2.24, 2.45) is 0 Å². The second-order valence-electron chi connectivity index (χ2n) is 4.73. The number of rotatable bonds is 3. The molecular formula is C15H18N2O. The molecule has 2 aromatic rings. The standard InChI is InChI=1S/C15H18N2O/c1-10-4-5-14(11(2)6-10)17-15(18)8-13-7-12(3)16-9-13/h4-7,9,16H,8H2,1-3H3,(H,17,18). The van der Waals surface area contributed by atoms with E-state index >= 15 is 0 Å². The van der Waals surface area contributed by atoms with Gasteiger partial charge in [-0.25, -0.2) is 0 Å². The molecular weight excluding hydrogens is 224 g/mol. The molecule has 3 heteroatoms. The molecule has 2 N–H and O–H groups in total. The predicted octanol–water partition coefficient (Wildman–Crippen LogP) is 3.12. The number of nitrogens with one attached hydrogen (secondary N) is 2. The monoisotopic (exact) mass is 242 g/mol. The summed E-state index contributed by atoms with van der Waals surface area (Å²) in [5, 5.41) is 2.94. The summed E-state index contributed by atoms with van der Waals surface area (Å²) in [4.78, 5) is 15.0. The first kappa shape index (κ1) is 12.4. The summed E-state index contributed by atoms with van der Waals surface area (Å²) in [5.41, 5.74) is 5.26. The van der Waals surface area contributed by atoms with Gasteiger partial charge in [0.2, 0.25) is 5.91 Å². The van der Waals surface area contributed by atoms with Gasteiger partial charge in [0.1, 0.15) is 0 Å². The number of anilines is 1. The zero-order chi connectivity index (χ0) is 13.1. The van der Waals surface area contributed by atoms with Crippen LogP contribution < -0.4 is 5.32 Å². The lowest BCUT2D eigenvalue weighted by atomic mass is 10.1. The van der Waals surface area contributed by atoms with E-state index in [-0.39, 0.29) is 5.91 Å². The molecule has 94 valence electrons. The van der Waals surface area contributed by atoms with Gasteiger partial charge < -0.3 is 10.3 Å².